The molecule has 0 saturated carbocycles. The Hall–Kier alpha value is -3.67. The number of nitrogens with zero attached hydrogens (tertiary/aromatic N) is 2. The number of nitrogens with one attached hydrogen (secondary N) is 1. The van der Waals surface area contributed by atoms with E-state index in [-0.39, 0.29) is 5.91 Å². The van der Waals surface area contributed by atoms with E-state index >= 15 is 0 Å². The molecule has 6 nitrogen and oxygen atoms in total. The Morgan fingerprint density at radius 2 is 1.71 bits per heavy atom. The Labute approximate surface area is 182 Å². The first-order valence-electron chi connectivity index (χ1n) is 10.2. The average molecular weight is 417 g/mol. The molecule has 1 atom stereocenters. The summed E-state index contributed by atoms with van der Waals surface area (Å²) in [4.78, 5) is 24.2. The number of hydrogen-bond donors (Lipinski definition) is 2. The lowest BCUT2D eigenvalue weighted by Gasteiger charge is -2.14. The summed E-state index contributed by atoms with van der Waals surface area (Å²) in [6, 6.07) is 17.0. The summed E-state index contributed by atoms with van der Waals surface area (Å²) < 4.78 is 1.93. The number of benzene rings is 2. The van der Waals surface area contributed by atoms with Crippen LogP contribution in [-0.2, 0) is 22.6 Å². The highest BCUT2D eigenvalue weighted by Crippen LogP contribution is 2.17. The van der Waals surface area contributed by atoms with Crippen molar-refractivity contribution >= 4 is 17.9 Å². The van der Waals surface area contributed by atoms with E-state index in [1.54, 1.807) is 6.08 Å². The van der Waals surface area contributed by atoms with Crippen LogP contribution < -0.4 is 11.1 Å². The molecule has 3 aromatic rings. The lowest BCUT2D eigenvalue weighted by Crippen LogP contribution is -2.45. The number of aryl methyl sites for hydroxylation is 2. The molecule has 2 aromatic carbocycles. The first kappa shape index (κ1) is 22.0. The van der Waals surface area contributed by atoms with E-state index in [1.807, 2.05) is 48.9 Å². The molecule has 3 rings (SSSR count). The predicted octanol–water partition coefficient (Wildman–Crippen LogP) is 3.08. The monoisotopic (exact) mass is 416 g/mol. The second-order valence-electron chi connectivity index (χ2n) is 7.71. The summed E-state index contributed by atoms with van der Waals surface area (Å²) in [5.41, 5.74) is 11.5. The molecule has 0 fully saturated rings. The first-order chi connectivity index (χ1) is 14.8. The van der Waals surface area contributed by atoms with Crippen LogP contribution in [0.4, 0.5) is 0 Å². The zero-order valence-corrected chi connectivity index (χ0v) is 18.1. The van der Waals surface area contributed by atoms with Gasteiger partial charge in [-0.2, -0.15) is 5.10 Å². The molecule has 0 aliphatic carbocycles. The van der Waals surface area contributed by atoms with Crippen molar-refractivity contribution in [2.75, 3.05) is 0 Å². The maximum atomic E-state index is 12.4. The number of primary amides is 1. The van der Waals surface area contributed by atoms with Gasteiger partial charge in [-0.1, -0.05) is 60.2 Å². The highest BCUT2D eigenvalue weighted by Gasteiger charge is 2.18. The average Bonchev–Trinajstić information content (AvgIpc) is 3.01. The molecule has 160 valence electrons. The molecule has 3 N–H and O–H groups in total. The number of aromatic nitrogens is 2. The van der Waals surface area contributed by atoms with Crippen molar-refractivity contribution in [1.82, 2.24) is 15.1 Å². The summed E-state index contributed by atoms with van der Waals surface area (Å²) in [7, 11) is 0. The molecular weight excluding hydrogens is 388 g/mol. The summed E-state index contributed by atoms with van der Waals surface area (Å²) >= 11 is 0. The molecule has 1 unspecified atom stereocenters. The summed E-state index contributed by atoms with van der Waals surface area (Å²) in [6.45, 7) is 6.61. The molecule has 0 aliphatic rings. The molecular formula is C25H28N4O2. The van der Waals surface area contributed by atoms with Crippen LogP contribution >= 0.6 is 0 Å². The molecule has 1 heterocycles. The van der Waals surface area contributed by atoms with E-state index in [0.717, 1.165) is 28.1 Å². The molecule has 31 heavy (non-hydrogen) atoms. The minimum absolute atomic E-state index is 0.349. The largest absolute Gasteiger partial charge is 0.368 e. The third-order valence-electron chi connectivity index (χ3n) is 5.23. The van der Waals surface area contributed by atoms with Crippen molar-refractivity contribution < 1.29 is 9.59 Å². The molecule has 0 radical (unpaired) electrons. The Morgan fingerprint density at radius 3 is 2.35 bits per heavy atom. The van der Waals surface area contributed by atoms with Crippen LogP contribution in [0.25, 0.3) is 6.08 Å². The van der Waals surface area contributed by atoms with Gasteiger partial charge in [0, 0.05) is 23.8 Å². The summed E-state index contributed by atoms with van der Waals surface area (Å²) in [5.74, 6) is -0.936. The number of carbonyl (C=O) groups is 2. The lowest BCUT2D eigenvalue weighted by molar-refractivity contribution is -0.124. The number of hydrogen-bond acceptors (Lipinski definition) is 3. The maximum absolute atomic E-state index is 12.4. The van der Waals surface area contributed by atoms with Crippen LogP contribution in [-0.4, -0.2) is 27.6 Å². The topological polar surface area (TPSA) is 90.0 Å². The normalized spacial score (nSPS) is 12.1. The van der Waals surface area contributed by atoms with E-state index in [9.17, 15) is 9.59 Å². The first-order valence-corrected chi connectivity index (χ1v) is 10.2. The fourth-order valence-electron chi connectivity index (χ4n) is 3.42. The minimum Gasteiger partial charge on any atom is -0.368 e. The number of carbonyl (C=O) groups excluding carboxylic acids is 2. The van der Waals surface area contributed by atoms with Gasteiger partial charge < -0.3 is 11.1 Å². The van der Waals surface area contributed by atoms with Crippen molar-refractivity contribution in [2.24, 2.45) is 5.73 Å². The van der Waals surface area contributed by atoms with Gasteiger partial charge in [-0.05, 0) is 38.0 Å². The van der Waals surface area contributed by atoms with Crippen LogP contribution in [0.2, 0.25) is 0 Å². The standard InChI is InChI=1S/C25H28N4O2/c1-17-9-11-21(12-10-17)16-29-19(3)22(18(2)28-29)13-14-24(30)27-23(25(26)31)15-20-7-5-4-6-8-20/h4-14,23H,15-16H2,1-3H3,(H2,26,31)(H,27,30)/b14-13+. The number of amides is 2. The van der Waals surface area contributed by atoms with Crippen molar-refractivity contribution in [1.29, 1.82) is 0 Å². The van der Waals surface area contributed by atoms with Crippen molar-refractivity contribution in [3.05, 3.63) is 94.3 Å². The Bertz CT molecular complexity index is 1080. The molecule has 1 aromatic heterocycles. The molecule has 0 saturated heterocycles. The molecule has 0 bridgehead atoms. The van der Waals surface area contributed by atoms with Gasteiger partial charge in [0.05, 0.1) is 12.2 Å². The van der Waals surface area contributed by atoms with Gasteiger partial charge in [-0.3, -0.25) is 14.3 Å². The second kappa shape index (κ2) is 9.89. The van der Waals surface area contributed by atoms with Gasteiger partial charge in [0.15, 0.2) is 0 Å². The maximum Gasteiger partial charge on any atom is 0.244 e. The summed E-state index contributed by atoms with van der Waals surface area (Å²) in [5, 5.41) is 7.31. The number of nitrogens with two attached hydrogens (primary N) is 1. The van der Waals surface area contributed by atoms with E-state index in [0.29, 0.717) is 13.0 Å². The van der Waals surface area contributed by atoms with Crippen LogP contribution in [0.5, 0.6) is 0 Å². The zero-order chi connectivity index (χ0) is 22.4. The van der Waals surface area contributed by atoms with E-state index in [4.69, 9.17) is 5.73 Å². The molecule has 2 amide bonds. The fraction of sp³-hybridized carbons (Fsp3) is 0.240. The van der Waals surface area contributed by atoms with Gasteiger partial charge >= 0.3 is 0 Å². The van der Waals surface area contributed by atoms with Gasteiger partial charge in [-0.25, -0.2) is 0 Å². The second-order valence-corrected chi connectivity index (χ2v) is 7.71. The molecule has 0 spiro atoms. The Kier molecular flexibility index (Phi) is 7.03. The van der Waals surface area contributed by atoms with Gasteiger partial charge in [0.25, 0.3) is 0 Å². The Morgan fingerprint density at radius 1 is 1.03 bits per heavy atom. The highest BCUT2D eigenvalue weighted by atomic mass is 16.2. The van der Waals surface area contributed by atoms with E-state index in [2.05, 4.69) is 41.6 Å². The molecule has 0 aliphatic heterocycles. The number of rotatable bonds is 8. The summed E-state index contributed by atoms with van der Waals surface area (Å²) in [6.07, 6.45) is 3.51. The van der Waals surface area contributed by atoms with Gasteiger partial charge in [-0.15, -0.1) is 0 Å². The highest BCUT2D eigenvalue weighted by molar-refractivity contribution is 5.95. The quantitative estimate of drug-likeness (QED) is 0.553. The SMILES string of the molecule is Cc1ccc(Cn2nc(C)c(/C=C/C(=O)NC(Cc3ccccc3)C(N)=O)c2C)cc1. The van der Waals surface area contributed by atoms with Crippen LogP contribution in [0.1, 0.15) is 33.6 Å². The van der Waals surface area contributed by atoms with Crippen LogP contribution in [0, 0.1) is 20.8 Å². The fourth-order valence-corrected chi connectivity index (χ4v) is 3.42. The lowest BCUT2D eigenvalue weighted by atomic mass is 10.1. The predicted molar refractivity (Wildman–Crippen MR) is 122 cm³/mol. The smallest absolute Gasteiger partial charge is 0.244 e. The van der Waals surface area contributed by atoms with E-state index in [1.165, 1.54) is 11.6 Å². The van der Waals surface area contributed by atoms with Gasteiger partial charge in [0.2, 0.25) is 11.8 Å². The Balaban J connectivity index is 1.68. The van der Waals surface area contributed by atoms with Crippen LogP contribution in [0.15, 0.2) is 60.7 Å². The zero-order valence-electron chi connectivity index (χ0n) is 18.1. The third-order valence-corrected chi connectivity index (χ3v) is 5.23. The van der Waals surface area contributed by atoms with Crippen molar-refractivity contribution in [2.45, 2.75) is 39.8 Å². The van der Waals surface area contributed by atoms with Crippen molar-refractivity contribution in [3.63, 3.8) is 0 Å². The van der Waals surface area contributed by atoms with Gasteiger partial charge in [0.1, 0.15) is 6.04 Å². The molecule has 6 heteroatoms. The van der Waals surface area contributed by atoms with E-state index < -0.39 is 11.9 Å². The van der Waals surface area contributed by atoms with Crippen LogP contribution in [0.3, 0.4) is 0 Å². The van der Waals surface area contributed by atoms with Crippen molar-refractivity contribution in [3.8, 4) is 0 Å². The minimum atomic E-state index is -0.772. The third kappa shape index (κ3) is 5.92.